The Morgan fingerprint density at radius 2 is 2.14 bits per heavy atom. The van der Waals surface area contributed by atoms with Gasteiger partial charge in [-0.25, -0.2) is 4.98 Å². The molecule has 1 aromatic heterocycles. The first-order chi connectivity index (χ1) is 10.2. The molecular weight excluding hydrogens is 308 g/mol. The van der Waals surface area contributed by atoms with Crippen LogP contribution in [0, 0.1) is 0 Å². The number of hydrogen-bond donors (Lipinski definition) is 1. The number of halogens is 1. The van der Waals surface area contributed by atoms with Crippen molar-refractivity contribution in [1.82, 2.24) is 4.98 Å². The van der Waals surface area contributed by atoms with Crippen molar-refractivity contribution >= 4 is 39.5 Å². The molecule has 0 radical (unpaired) electrons. The summed E-state index contributed by atoms with van der Waals surface area (Å²) in [6, 6.07) is 5.36. The van der Waals surface area contributed by atoms with Crippen LogP contribution in [0.15, 0.2) is 18.2 Å². The van der Waals surface area contributed by atoms with Crippen molar-refractivity contribution < 1.29 is 9.53 Å². The fourth-order valence-corrected chi connectivity index (χ4v) is 3.54. The van der Waals surface area contributed by atoms with E-state index >= 15 is 0 Å². The van der Waals surface area contributed by atoms with E-state index in [4.69, 9.17) is 16.3 Å². The molecule has 6 heteroatoms. The summed E-state index contributed by atoms with van der Waals surface area (Å²) >= 11 is 7.43. The predicted octanol–water partition coefficient (Wildman–Crippen LogP) is 4.46. The van der Waals surface area contributed by atoms with Crippen molar-refractivity contribution in [2.45, 2.75) is 25.7 Å². The third kappa shape index (κ3) is 3.04. The van der Waals surface area contributed by atoms with E-state index in [0.717, 1.165) is 35.5 Å². The number of aryl methyl sites for hydroxylation is 1. The lowest BCUT2D eigenvalue weighted by atomic mass is 10.2. The highest BCUT2D eigenvalue weighted by Crippen LogP contribution is 2.34. The number of benzene rings is 1. The molecule has 0 saturated carbocycles. The molecule has 1 aliphatic rings. The Labute approximate surface area is 132 Å². The maximum Gasteiger partial charge on any atom is 0.188 e. The fourth-order valence-electron chi connectivity index (χ4n) is 2.38. The molecule has 3 rings (SSSR count). The summed E-state index contributed by atoms with van der Waals surface area (Å²) < 4.78 is 5.30. The van der Waals surface area contributed by atoms with Crippen molar-refractivity contribution in [2.75, 3.05) is 12.4 Å². The summed E-state index contributed by atoms with van der Waals surface area (Å²) in [5.41, 5.74) is 1.66. The van der Waals surface area contributed by atoms with E-state index in [0.29, 0.717) is 22.3 Å². The average molecular weight is 323 g/mol. The van der Waals surface area contributed by atoms with Gasteiger partial charge in [-0.05, 0) is 37.5 Å². The molecule has 0 spiro atoms. The molecule has 2 aromatic rings. The molecule has 0 saturated heterocycles. The molecule has 21 heavy (non-hydrogen) atoms. The van der Waals surface area contributed by atoms with E-state index < -0.39 is 0 Å². The van der Waals surface area contributed by atoms with Gasteiger partial charge >= 0.3 is 0 Å². The molecule has 0 fully saturated rings. The second-order valence-electron chi connectivity index (χ2n) is 4.89. The number of fused-ring (bicyclic) bond motifs is 1. The van der Waals surface area contributed by atoms with E-state index in [2.05, 4.69) is 10.3 Å². The minimum Gasteiger partial charge on any atom is -0.495 e. The van der Waals surface area contributed by atoms with Gasteiger partial charge in [-0.1, -0.05) is 22.9 Å². The minimum atomic E-state index is 0.200. The van der Waals surface area contributed by atoms with Gasteiger partial charge in [0.15, 0.2) is 10.9 Å². The summed E-state index contributed by atoms with van der Waals surface area (Å²) in [6.45, 7) is 0. The monoisotopic (exact) mass is 322 g/mol. The van der Waals surface area contributed by atoms with Crippen molar-refractivity contribution in [3.05, 3.63) is 33.8 Å². The minimum absolute atomic E-state index is 0.200. The number of carbonyl (C=O) groups is 1. The smallest absolute Gasteiger partial charge is 0.188 e. The summed E-state index contributed by atoms with van der Waals surface area (Å²) in [4.78, 5) is 17.4. The van der Waals surface area contributed by atoms with Gasteiger partial charge in [0.05, 0.1) is 23.4 Å². The van der Waals surface area contributed by atoms with Crippen molar-refractivity contribution in [1.29, 1.82) is 0 Å². The quantitative estimate of drug-likeness (QED) is 0.848. The predicted molar refractivity (Wildman–Crippen MR) is 85.3 cm³/mol. The van der Waals surface area contributed by atoms with Crippen LogP contribution < -0.4 is 10.1 Å². The maximum atomic E-state index is 12.0. The zero-order valence-electron chi connectivity index (χ0n) is 11.6. The first-order valence-corrected chi connectivity index (χ1v) is 8.00. The largest absolute Gasteiger partial charge is 0.495 e. The second kappa shape index (κ2) is 6.03. The number of thiazole rings is 1. The van der Waals surface area contributed by atoms with Gasteiger partial charge in [-0.2, -0.15) is 0 Å². The van der Waals surface area contributed by atoms with E-state index in [-0.39, 0.29) is 5.78 Å². The lowest BCUT2D eigenvalue weighted by Crippen LogP contribution is -1.95. The molecule has 1 heterocycles. The molecule has 1 aromatic carbocycles. The number of ketones is 1. The molecule has 0 bridgehead atoms. The van der Waals surface area contributed by atoms with Crippen molar-refractivity contribution in [3.63, 3.8) is 0 Å². The molecule has 0 atom stereocenters. The number of nitrogens with zero attached hydrogens (tertiary/aromatic N) is 1. The van der Waals surface area contributed by atoms with Gasteiger partial charge in [-0.3, -0.25) is 4.79 Å². The highest BCUT2D eigenvalue weighted by Gasteiger charge is 2.21. The third-order valence-corrected chi connectivity index (χ3v) is 4.71. The van der Waals surface area contributed by atoms with Crippen LogP contribution in [0.25, 0.3) is 0 Å². The maximum absolute atomic E-state index is 12.0. The van der Waals surface area contributed by atoms with E-state index in [1.165, 1.54) is 11.3 Å². The highest BCUT2D eigenvalue weighted by molar-refractivity contribution is 7.17. The Kier molecular flexibility index (Phi) is 4.12. The van der Waals surface area contributed by atoms with Gasteiger partial charge in [0.1, 0.15) is 5.75 Å². The second-order valence-corrected chi connectivity index (χ2v) is 6.33. The SMILES string of the molecule is COc1ccc(Cl)cc1Nc1nc2c(s1)C(=O)CCCC2. The van der Waals surface area contributed by atoms with Crippen molar-refractivity contribution in [3.8, 4) is 5.75 Å². The average Bonchev–Trinajstić information content (AvgIpc) is 2.79. The van der Waals surface area contributed by atoms with Crippen LogP contribution in [0.5, 0.6) is 5.75 Å². The number of ether oxygens (including phenoxy) is 1. The molecule has 1 N–H and O–H groups in total. The molecule has 0 amide bonds. The van der Waals surface area contributed by atoms with Crippen LogP contribution in [-0.4, -0.2) is 17.9 Å². The molecule has 110 valence electrons. The lowest BCUT2D eigenvalue weighted by molar-refractivity contribution is 0.0985. The first-order valence-electron chi connectivity index (χ1n) is 6.81. The van der Waals surface area contributed by atoms with Crippen LogP contribution >= 0.6 is 22.9 Å². The number of carbonyl (C=O) groups excluding carboxylic acids is 1. The van der Waals surface area contributed by atoms with Gasteiger partial charge < -0.3 is 10.1 Å². The standard InChI is InChI=1S/C15H15ClN2O2S/c1-20-13-7-6-9(16)8-11(13)18-15-17-10-4-2-3-5-12(19)14(10)21-15/h6-8H,2-5H2,1H3,(H,17,18). The summed E-state index contributed by atoms with van der Waals surface area (Å²) in [6.07, 6.45) is 3.45. The molecule has 0 aliphatic heterocycles. The lowest BCUT2D eigenvalue weighted by Gasteiger charge is -2.09. The zero-order chi connectivity index (χ0) is 14.8. The molecular formula is C15H15ClN2O2S. The number of hydrogen-bond acceptors (Lipinski definition) is 5. The summed E-state index contributed by atoms with van der Waals surface area (Å²) in [7, 11) is 1.61. The highest BCUT2D eigenvalue weighted by atomic mass is 35.5. The Bertz CT molecular complexity index is 684. The Hall–Kier alpha value is -1.59. The molecule has 4 nitrogen and oxygen atoms in total. The number of nitrogens with one attached hydrogen (secondary N) is 1. The van der Waals surface area contributed by atoms with Crippen LogP contribution in [-0.2, 0) is 6.42 Å². The topological polar surface area (TPSA) is 51.2 Å². The van der Waals surface area contributed by atoms with E-state index in [1.807, 2.05) is 0 Å². The normalized spacial score (nSPS) is 14.5. The van der Waals surface area contributed by atoms with Crippen LogP contribution in [0.4, 0.5) is 10.8 Å². The first kappa shape index (κ1) is 14.4. The van der Waals surface area contributed by atoms with E-state index in [9.17, 15) is 4.79 Å². The van der Waals surface area contributed by atoms with Crippen LogP contribution in [0.1, 0.15) is 34.6 Å². The summed E-state index contributed by atoms with van der Waals surface area (Å²) in [5.74, 6) is 0.891. The van der Waals surface area contributed by atoms with Crippen LogP contribution in [0.2, 0.25) is 5.02 Å². The Balaban J connectivity index is 1.91. The Morgan fingerprint density at radius 3 is 2.95 bits per heavy atom. The van der Waals surface area contributed by atoms with Gasteiger partial charge in [-0.15, -0.1) is 0 Å². The summed E-state index contributed by atoms with van der Waals surface area (Å²) in [5, 5.41) is 4.53. The van der Waals surface area contributed by atoms with Gasteiger partial charge in [0.2, 0.25) is 0 Å². The molecule has 0 unspecified atom stereocenters. The third-order valence-electron chi connectivity index (χ3n) is 3.42. The van der Waals surface area contributed by atoms with E-state index in [1.54, 1.807) is 25.3 Å². The number of Topliss-reactive ketones (excluding diaryl/α,β-unsaturated/α-hetero) is 1. The number of anilines is 2. The van der Waals surface area contributed by atoms with Crippen LogP contribution in [0.3, 0.4) is 0 Å². The fraction of sp³-hybridized carbons (Fsp3) is 0.333. The molecule has 1 aliphatic carbocycles. The number of methoxy groups -OCH3 is 1. The Morgan fingerprint density at radius 1 is 1.33 bits per heavy atom. The van der Waals surface area contributed by atoms with Crippen molar-refractivity contribution in [2.24, 2.45) is 0 Å². The van der Waals surface area contributed by atoms with Gasteiger partial charge in [0, 0.05) is 11.4 Å². The number of rotatable bonds is 3. The number of aromatic nitrogens is 1. The van der Waals surface area contributed by atoms with Gasteiger partial charge in [0.25, 0.3) is 0 Å². The zero-order valence-corrected chi connectivity index (χ0v) is 13.2.